The Kier molecular flexibility index (Phi) is 5.71. The van der Waals surface area contributed by atoms with E-state index in [-0.39, 0.29) is 18.6 Å². The molecule has 1 aromatic rings. The molecule has 1 aliphatic heterocycles. The molecule has 0 aliphatic carbocycles. The lowest BCUT2D eigenvalue weighted by Gasteiger charge is -2.18. The predicted molar refractivity (Wildman–Crippen MR) is 71.0 cm³/mol. The lowest BCUT2D eigenvalue weighted by molar-refractivity contribution is -0.221. The van der Waals surface area contributed by atoms with Crippen LogP contribution in [0.3, 0.4) is 0 Å². The molecule has 0 aromatic carbocycles. The first kappa shape index (κ1) is 17.1. The molecule has 2 rings (SSSR count). The van der Waals surface area contributed by atoms with Crippen LogP contribution in [-0.2, 0) is 13.8 Å². The van der Waals surface area contributed by atoms with E-state index in [2.05, 4.69) is 9.51 Å². The smallest absolute Gasteiger partial charge is 0.351 e. The summed E-state index contributed by atoms with van der Waals surface area (Å²) in [7, 11) is -4.77. The van der Waals surface area contributed by atoms with Crippen LogP contribution in [-0.4, -0.2) is 32.2 Å². The summed E-state index contributed by atoms with van der Waals surface area (Å²) in [5.41, 5.74) is 4.22. The minimum Gasteiger partial charge on any atom is -0.756 e. The first-order valence-electron chi connectivity index (χ1n) is 5.15. The maximum absolute atomic E-state index is 11.6. The number of nitrogens with two attached hydrogens (primary N) is 1. The molecular formula is C8H15N4O6PS. The molecule has 1 saturated heterocycles. The van der Waals surface area contributed by atoms with Gasteiger partial charge in [0.15, 0.2) is 0 Å². The summed E-state index contributed by atoms with van der Waals surface area (Å²) in [6, 6.07) is 1.46. The van der Waals surface area contributed by atoms with Gasteiger partial charge in [-0.15, -0.1) is 11.8 Å². The maximum atomic E-state index is 11.6. The molecule has 3 unspecified atom stereocenters. The number of phosphoric acid groups is 1. The summed E-state index contributed by atoms with van der Waals surface area (Å²) in [5.74, 6) is 0.535. The van der Waals surface area contributed by atoms with Crippen LogP contribution in [0.25, 0.3) is 0 Å². The van der Waals surface area contributed by atoms with E-state index in [9.17, 15) is 14.3 Å². The predicted octanol–water partition coefficient (Wildman–Crippen LogP) is -0.733. The van der Waals surface area contributed by atoms with Gasteiger partial charge in [-0.1, -0.05) is 0 Å². The Hall–Kier alpha value is -0.940. The van der Waals surface area contributed by atoms with Crippen molar-refractivity contribution in [3.8, 4) is 0 Å². The highest BCUT2D eigenvalue weighted by molar-refractivity contribution is 8.00. The van der Waals surface area contributed by atoms with Gasteiger partial charge < -0.3 is 30.9 Å². The third-order valence-corrected chi connectivity index (χ3v) is 3.84. The third-order valence-electron chi connectivity index (χ3n) is 2.27. The zero-order valence-electron chi connectivity index (χ0n) is 10.5. The monoisotopic (exact) mass is 326 g/mol. The fourth-order valence-electron chi connectivity index (χ4n) is 1.48. The average Bonchev–Trinajstić information content (AvgIpc) is 2.74. The lowest BCUT2D eigenvalue weighted by Crippen LogP contribution is -2.28. The van der Waals surface area contributed by atoms with Crippen molar-refractivity contribution in [3.63, 3.8) is 0 Å². The van der Waals surface area contributed by atoms with Crippen LogP contribution in [0, 0.1) is 0 Å². The molecule has 0 amide bonds. The third kappa shape index (κ3) is 4.56. The highest BCUT2D eigenvalue weighted by Crippen LogP contribution is 2.36. The molecule has 114 valence electrons. The first-order valence-corrected chi connectivity index (χ1v) is 7.69. The van der Waals surface area contributed by atoms with Gasteiger partial charge in [0.2, 0.25) is 0 Å². The summed E-state index contributed by atoms with van der Waals surface area (Å²) < 4.78 is 21.3. The standard InChI is InChI=1S/C8H12N3O6PS.H3N/c9-5-1-2-11(8(12)10-5)6-4-19-7(17-6)3-16-18(13,14)15;/h1-2,6-7H,3-4H2,(H2,9,10,12)(H2,13,14,15);1H3. The molecule has 0 bridgehead atoms. The van der Waals surface area contributed by atoms with Crippen molar-refractivity contribution < 1.29 is 23.6 Å². The Balaban J connectivity index is 0.00000200. The van der Waals surface area contributed by atoms with Crippen LogP contribution >= 0.6 is 19.6 Å². The minimum atomic E-state index is -4.77. The summed E-state index contributed by atoms with van der Waals surface area (Å²) in [5, 5.41) is 0. The van der Waals surface area contributed by atoms with Gasteiger partial charge in [-0.25, -0.2) is 4.79 Å². The number of thioether (sulfide) groups is 1. The van der Waals surface area contributed by atoms with Crippen molar-refractivity contribution in [1.29, 1.82) is 0 Å². The van der Waals surface area contributed by atoms with Gasteiger partial charge in [0.05, 0.1) is 6.61 Å². The van der Waals surface area contributed by atoms with Gasteiger partial charge in [0.25, 0.3) is 7.82 Å². The van der Waals surface area contributed by atoms with Crippen LogP contribution in [0.15, 0.2) is 17.1 Å². The number of anilines is 1. The molecular weight excluding hydrogens is 311 g/mol. The number of nitrogen functional groups attached to an aromatic ring is 1. The number of quaternary nitrogens is 1. The van der Waals surface area contributed by atoms with Crippen molar-refractivity contribution in [2.24, 2.45) is 0 Å². The number of rotatable bonds is 4. The van der Waals surface area contributed by atoms with Gasteiger partial charge >= 0.3 is 5.69 Å². The van der Waals surface area contributed by atoms with Crippen LogP contribution < -0.4 is 22.5 Å². The zero-order chi connectivity index (χ0) is 14.0. The average molecular weight is 326 g/mol. The van der Waals surface area contributed by atoms with Crippen molar-refractivity contribution in [3.05, 3.63) is 22.7 Å². The molecule has 1 aromatic heterocycles. The molecule has 2 heterocycles. The van der Waals surface area contributed by atoms with E-state index in [4.69, 9.17) is 15.4 Å². The minimum absolute atomic E-state index is 0. The SMILES string of the molecule is Nc1ccn(C2CSC(COP(=O)([O-])O)O2)c(=O)n1.[NH4+]. The second kappa shape index (κ2) is 6.68. The quantitative estimate of drug-likeness (QED) is 0.601. The van der Waals surface area contributed by atoms with E-state index < -0.39 is 25.2 Å². The number of aromatic nitrogens is 2. The van der Waals surface area contributed by atoms with Gasteiger partial charge in [0, 0.05) is 11.9 Å². The first-order chi connectivity index (χ1) is 8.85. The van der Waals surface area contributed by atoms with E-state index in [1.54, 1.807) is 0 Å². The van der Waals surface area contributed by atoms with Gasteiger partial charge in [0.1, 0.15) is 17.5 Å². The molecule has 7 N–H and O–H groups in total. The van der Waals surface area contributed by atoms with Crippen molar-refractivity contribution >= 4 is 25.4 Å². The number of hydrogen-bond donors (Lipinski definition) is 3. The number of ether oxygens (including phenoxy) is 1. The molecule has 12 heteroatoms. The molecule has 20 heavy (non-hydrogen) atoms. The second-order valence-corrected chi connectivity index (χ2v) is 6.05. The highest BCUT2D eigenvalue weighted by Gasteiger charge is 2.28. The largest absolute Gasteiger partial charge is 0.756 e. The molecule has 0 spiro atoms. The van der Waals surface area contributed by atoms with E-state index in [0.717, 1.165) is 0 Å². The number of hydrogen-bond acceptors (Lipinski definition) is 8. The molecule has 0 radical (unpaired) electrons. The van der Waals surface area contributed by atoms with Crippen molar-refractivity contribution in [2.45, 2.75) is 11.7 Å². The van der Waals surface area contributed by atoms with Crippen molar-refractivity contribution in [1.82, 2.24) is 15.7 Å². The van der Waals surface area contributed by atoms with E-state index in [1.807, 2.05) is 0 Å². The normalized spacial score (nSPS) is 24.9. The summed E-state index contributed by atoms with van der Waals surface area (Å²) in [6.07, 6.45) is 0.868. The second-order valence-electron chi connectivity index (χ2n) is 3.66. The lowest BCUT2D eigenvalue weighted by atomic mass is 10.5. The van der Waals surface area contributed by atoms with E-state index >= 15 is 0 Å². The summed E-state index contributed by atoms with van der Waals surface area (Å²) in [6.45, 7) is -0.324. The Morgan fingerprint density at radius 1 is 1.75 bits per heavy atom. The van der Waals surface area contributed by atoms with E-state index in [0.29, 0.717) is 5.75 Å². The fourth-order valence-corrected chi connectivity index (χ4v) is 2.89. The summed E-state index contributed by atoms with van der Waals surface area (Å²) in [4.78, 5) is 34.0. The highest BCUT2D eigenvalue weighted by atomic mass is 32.2. The summed E-state index contributed by atoms with van der Waals surface area (Å²) >= 11 is 1.26. The van der Waals surface area contributed by atoms with Crippen LogP contribution in [0.5, 0.6) is 0 Å². The van der Waals surface area contributed by atoms with E-state index in [1.165, 1.54) is 28.6 Å². The van der Waals surface area contributed by atoms with Gasteiger partial charge in [-0.05, 0) is 6.07 Å². The van der Waals surface area contributed by atoms with Gasteiger partial charge in [-0.3, -0.25) is 9.13 Å². The molecule has 3 atom stereocenters. The zero-order valence-corrected chi connectivity index (χ0v) is 12.3. The van der Waals surface area contributed by atoms with Crippen LogP contribution in [0.4, 0.5) is 5.82 Å². The number of phosphoric ester groups is 1. The number of nitrogens with zero attached hydrogens (tertiary/aromatic N) is 2. The van der Waals surface area contributed by atoms with Crippen molar-refractivity contribution in [2.75, 3.05) is 18.1 Å². The molecule has 1 fully saturated rings. The molecule has 10 nitrogen and oxygen atoms in total. The Bertz CT molecular complexity index is 562. The Labute approximate surface area is 118 Å². The Morgan fingerprint density at radius 3 is 3.05 bits per heavy atom. The topological polar surface area (TPSA) is 176 Å². The maximum Gasteiger partial charge on any atom is 0.351 e. The Morgan fingerprint density at radius 2 is 2.45 bits per heavy atom. The van der Waals surface area contributed by atoms with Crippen LogP contribution in [0.1, 0.15) is 6.23 Å². The fraction of sp³-hybridized carbons (Fsp3) is 0.500. The molecule has 0 saturated carbocycles. The molecule has 1 aliphatic rings. The van der Waals surface area contributed by atoms with Gasteiger partial charge in [-0.2, -0.15) is 4.98 Å². The van der Waals surface area contributed by atoms with Crippen LogP contribution in [0.2, 0.25) is 0 Å².